The molecule has 5 heteroatoms. The van der Waals surface area contributed by atoms with Crippen molar-refractivity contribution in [2.24, 2.45) is 0 Å². The molecule has 1 aliphatic carbocycles. The first-order valence-electron chi connectivity index (χ1n) is 8.59. The maximum Gasteiger partial charge on any atom is 0.251 e. The highest BCUT2D eigenvalue weighted by Crippen LogP contribution is 2.32. The number of hydrogen-bond donors (Lipinski definition) is 1. The zero-order valence-electron chi connectivity index (χ0n) is 14.3. The van der Waals surface area contributed by atoms with E-state index in [1.807, 2.05) is 6.07 Å². The Morgan fingerprint density at radius 3 is 2.28 bits per heavy atom. The van der Waals surface area contributed by atoms with Crippen LogP contribution in [0.15, 0.2) is 59.5 Å². The van der Waals surface area contributed by atoms with Gasteiger partial charge in [-0.2, -0.15) is 0 Å². The zero-order valence-corrected chi connectivity index (χ0v) is 15.1. The van der Waals surface area contributed by atoms with Crippen LogP contribution in [0, 0.1) is 0 Å². The van der Waals surface area contributed by atoms with E-state index in [0.29, 0.717) is 11.5 Å². The molecule has 0 aliphatic heterocycles. The molecule has 0 saturated heterocycles. The van der Waals surface area contributed by atoms with Crippen LogP contribution in [0.25, 0.3) is 0 Å². The van der Waals surface area contributed by atoms with E-state index in [1.165, 1.54) is 17.7 Å². The lowest BCUT2D eigenvalue weighted by atomic mass is 9.82. The summed E-state index contributed by atoms with van der Waals surface area (Å²) in [5.74, 6) is 0.358. The van der Waals surface area contributed by atoms with Gasteiger partial charge in [0.1, 0.15) is 0 Å². The Kier molecular flexibility index (Phi) is 5.23. The summed E-state index contributed by atoms with van der Waals surface area (Å²) >= 11 is 0. The zero-order chi connectivity index (χ0) is 17.9. The maximum atomic E-state index is 12.4. The molecule has 0 unspecified atom stereocenters. The van der Waals surface area contributed by atoms with Gasteiger partial charge in [0.05, 0.1) is 4.90 Å². The second kappa shape index (κ2) is 7.40. The van der Waals surface area contributed by atoms with Crippen molar-refractivity contribution in [1.29, 1.82) is 0 Å². The van der Waals surface area contributed by atoms with Crippen LogP contribution in [0.4, 0.5) is 0 Å². The van der Waals surface area contributed by atoms with Gasteiger partial charge < -0.3 is 5.32 Å². The van der Waals surface area contributed by atoms with Gasteiger partial charge in [0.25, 0.3) is 5.91 Å². The van der Waals surface area contributed by atoms with Crippen LogP contribution in [0.2, 0.25) is 0 Å². The minimum absolute atomic E-state index is 0.148. The first-order chi connectivity index (χ1) is 11.9. The molecule has 132 valence electrons. The molecule has 0 atom stereocenters. The molecule has 2 aromatic carbocycles. The highest BCUT2D eigenvalue weighted by atomic mass is 32.2. The van der Waals surface area contributed by atoms with Gasteiger partial charge >= 0.3 is 0 Å². The average molecular weight is 357 g/mol. The van der Waals surface area contributed by atoms with Crippen molar-refractivity contribution in [3.63, 3.8) is 0 Å². The molecule has 0 radical (unpaired) electrons. The molecule has 1 saturated carbocycles. The Balaban J connectivity index is 1.60. The number of benzene rings is 2. The van der Waals surface area contributed by atoms with Crippen LogP contribution in [0.3, 0.4) is 0 Å². The number of sulfone groups is 1. The third-order valence-corrected chi connectivity index (χ3v) is 5.97. The van der Waals surface area contributed by atoms with E-state index in [9.17, 15) is 13.2 Å². The second-order valence-electron chi connectivity index (χ2n) is 6.73. The molecular formula is C20H23NO3S. The third-order valence-electron chi connectivity index (χ3n) is 4.86. The predicted molar refractivity (Wildman–Crippen MR) is 98.5 cm³/mol. The fourth-order valence-electron chi connectivity index (χ4n) is 3.43. The number of hydrogen-bond acceptors (Lipinski definition) is 3. The fraction of sp³-hybridized carbons (Fsp3) is 0.350. The van der Waals surface area contributed by atoms with E-state index in [1.54, 1.807) is 12.1 Å². The Morgan fingerprint density at radius 1 is 0.960 bits per heavy atom. The van der Waals surface area contributed by atoms with Gasteiger partial charge in [-0.25, -0.2) is 8.42 Å². The average Bonchev–Trinajstić information content (AvgIpc) is 2.62. The Hall–Kier alpha value is -2.14. The van der Waals surface area contributed by atoms with Crippen molar-refractivity contribution in [2.75, 3.05) is 6.26 Å². The number of carbonyl (C=O) groups excluding carboxylic acids is 1. The van der Waals surface area contributed by atoms with Crippen LogP contribution in [-0.4, -0.2) is 26.6 Å². The normalized spacial score (nSPS) is 20.8. The summed E-state index contributed by atoms with van der Waals surface area (Å²) in [6.45, 7) is 0. The SMILES string of the molecule is CS(=O)(=O)c1cccc(C(=O)NC2CCC(c3ccccc3)CC2)c1. The lowest BCUT2D eigenvalue weighted by Crippen LogP contribution is -2.37. The number of nitrogens with one attached hydrogen (secondary N) is 1. The molecule has 0 aromatic heterocycles. The molecule has 4 nitrogen and oxygen atoms in total. The van der Waals surface area contributed by atoms with Crippen molar-refractivity contribution < 1.29 is 13.2 Å². The fourth-order valence-corrected chi connectivity index (χ4v) is 4.10. The van der Waals surface area contributed by atoms with Crippen molar-refractivity contribution in [3.05, 3.63) is 65.7 Å². The van der Waals surface area contributed by atoms with Gasteiger partial charge in [0.15, 0.2) is 9.84 Å². The molecule has 2 aromatic rings. The van der Waals surface area contributed by atoms with Crippen molar-refractivity contribution in [2.45, 2.75) is 42.5 Å². The number of amides is 1. The minimum atomic E-state index is -3.31. The monoisotopic (exact) mass is 357 g/mol. The molecule has 1 aliphatic rings. The van der Waals surface area contributed by atoms with Gasteiger partial charge in [-0.1, -0.05) is 36.4 Å². The quantitative estimate of drug-likeness (QED) is 0.910. The third kappa shape index (κ3) is 4.48. The topological polar surface area (TPSA) is 63.2 Å². The Morgan fingerprint density at radius 2 is 1.64 bits per heavy atom. The molecule has 1 N–H and O–H groups in total. The van der Waals surface area contributed by atoms with E-state index in [-0.39, 0.29) is 16.8 Å². The summed E-state index contributed by atoms with van der Waals surface area (Å²) in [6, 6.07) is 16.9. The van der Waals surface area contributed by atoms with E-state index >= 15 is 0 Å². The van der Waals surface area contributed by atoms with Gasteiger partial charge in [0, 0.05) is 17.9 Å². The van der Waals surface area contributed by atoms with E-state index in [4.69, 9.17) is 0 Å². The smallest absolute Gasteiger partial charge is 0.251 e. The van der Waals surface area contributed by atoms with Crippen molar-refractivity contribution >= 4 is 15.7 Å². The van der Waals surface area contributed by atoms with Crippen LogP contribution < -0.4 is 5.32 Å². The summed E-state index contributed by atoms with van der Waals surface area (Å²) in [4.78, 5) is 12.6. The van der Waals surface area contributed by atoms with Gasteiger partial charge in [0.2, 0.25) is 0 Å². The van der Waals surface area contributed by atoms with E-state index < -0.39 is 9.84 Å². The predicted octanol–water partition coefficient (Wildman–Crippen LogP) is 3.55. The van der Waals surface area contributed by atoms with Crippen LogP contribution in [0.1, 0.15) is 47.5 Å². The second-order valence-corrected chi connectivity index (χ2v) is 8.75. The van der Waals surface area contributed by atoms with E-state index in [2.05, 4.69) is 29.6 Å². The van der Waals surface area contributed by atoms with Gasteiger partial charge in [-0.05, 0) is 55.4 Å². The highest BCUT2D eigenvalue weighted by Gasteiger charge is 2.24. The summed E-state index contributed by atoms with van der Waals surface area (Å²) in [5.41, 5.74) is 1.77. The van der Waals surface area contributed by atoms with Crippen molar-refractivity contribution in [1.82, 2.24) is 5.32 Å². The van der Waals surface area contributed by atoms with Crippen LogP contribution in [-0.2, 0) is 9.84 Å². The molecular weight excluding hydrogens is 334 g/mol. The number of rotatable bonds is 4. The highest BCUT2D eigenvalue weighted by molar-refractivity contribution is 7.90. The molecule has 1 fully saturated rings. The maximum absolute atomic E-state index is 12.4. The Bertz CT molecular complexity index is 838. The molecule has 0 heterocycles. The van der Waals surface area contributed by atoms with Crippen LogP contribution in [0.5, 0.6) is 0 Å². The minimum Gasteiger partial charge on any atom is -0.349 e. The summed E-state index contributed by atoms with van der Waals surface area (Å²) in [5, 5.41) is 3.05. The molecule has 3 rings (SSSR count). The first kappa shape index (κ1) is 17.7. The first-order valence-corrected chi connectivity index (χ1v) is 10.5. The van der Waals surface area contributed by atoms with Crippen molar-refractivity contribution in [3.8, 4) is 0 Å². The standard InChI is InChI=1S/C20H23NO3S/c1-25(23,24)19-9-5-8-17(14-19)20(22)21-18-12-10-16(11-13-18)15-6-3-2-4-7-15/h2-9,14,16,18H,10-13H2,1H3,(H,21,22). The summed E-state index contributed by atoms with van der Waals surface area (Å²) < 4.78 is 23.3. The lowest BCUT2D eigenvalue weighted by molar-refractivity contribution is 0.0925. The molecule has 0 spiro atoms. The largest absolute Gasteiger partial charge is 0.349 e. The summed E-state index contributed by atoms with van der Waals surface area (Å²) in [7, 11) is -3.31. The summed E-state index contributed by atoms with van der Waals surface area (Å²) in [6.07, 6.45) is 5.14. The van der Waals surface area contributed by atoms with E-state index in [0.717, 1.165) is 31.9 Å². The Labute approximate surface area is 149 Å². The van der Waals surface area contributed by atoms with Gasteiger partial charge in [-0.3, -0.25) is 4.79 Å². The van der Waals surface area contributed by atoms with Crippen LogP contribution >= 0.6 is 0 Å². The number of carbonyl (C=O) groups is 1. The lowest BCUT2D eigenvalue weighted by Gasteiger charge is -2.29. The molecule has 25 heavy (non-hydrogen) atoms. The van der Waals surface area contributed by atoms with Gasteiger partial charge in [-0.15, -0.1) is 0 Å². The molecule has 1 amide bonds. The molecule has 0 bridgehead atoms.